The second-order valence-electron chi connectivity index (χ2n) is 5.40. The molecular formula is C15H17F3O2. The quantitative estimate of drug-likeness (QED) is 0.887. The van der Waals surface area contributed by atoms with Gasteiger partial charge in [-0.25, -0.2) is 0 Å². The molecule has 1 aromatic rings. The van der Waals surface area contributed by atoms with Gasteiger partial charge in [0.1, 0.15) is 0 Å². The fourth-order valence-corrected chi connectivity index (χ4v) is 2.89. The summed E-state index contributed by atoms with van der Waals surface area (Å²) in [7, 11) is 0. The normalized spacial score (nSPS) is 18.1. The highest BCUT2D eigenvalue weighted by atomic mass is 19.4. The first-order chi connectivity index (χ1) is 9.38. The Bertz CT molecular complexity index is 476. The van der Waals surface area contributed by atoms with Gasteiger partial charge in [0.15, 0.2) is 0 Å². The van der Waals surface area contributed by atoms with E-state index in [1.165, 1.54) is 12.1 Å². The molecule has 0 radical (unpaired) electrons. The number of carboxylic acid groups (broad SMARTS) is 1. The Morgan fingerprint density at radius 1 is 1.30 bits per heavy atom. The maximum absolute atomic E-state index is 12.7. The fourth-order valence-electron chi connectivity index (χ4n) is 2.89. The zero-order chi connectivity index (χ0) is 14.8. The average Bonchev–Trinajstić information content (AvgIpc) is 2.87. The Labute approximate surface area is 115 Å². The van der Waals surface area contributed by atoms with E-state index >= 15 is 0 Å². The Balaban J connectivity index is 2.22. The van der Waals surface area contributed by atoms with Crippen LogP contribution in [0, 0.1) is 5.92 Å². The molecule has 1 aliphatic rings. The van der Waals surface area contributed by atoms with Gasteiger partial charge in [-0.2, -0.15) is 13.2 Å². The molecule has 1 aromatic carbocycles. The minimum Gasteiger partial charge on any atom is -0.481 e. The van der Waals surface area contributed by atoms with Crippen LogP contribution in [0.25, 0.3) is 0 Å². The van der Waals surface area contributed by atoms with E-state index in [0.717, 1.165) is 37.8 Å². The summed E-state index contributed by atoms with van der Waals surface area (Å²) in [5, 5.41) is 9.30. The lowest BCUT2D eigenvalue weighted by Gasteiger charge is -2.18. The van der Waals surface area contributed by atoms with Crippen LogP contribution in [0.15, 0.2) is 24.3 Å². The molecule has 110 valence electrons. The van der Waals surface area contributed by atoms with Crippen molar-refractivity contribution < 1.29 is 23.1 Å². The van der Waals surface area contributed by atoms with Gasteiger partial charge < -0.3 is 5.11 Å². The van der Waals surface area contributed by atoms with Gasteiger partial charge in [-0.3, -0.25) is 4.79 Å². The summed E-state index contributed by atoms with van der Waals surface area (Å²) in [6, 6.07) is 4.69. The lowest BCUT2D eigenvalue weighted by Crippen LogP contribution is -2.16. The van der Waals surface area contributed by atoms with Crippen LogP contribution in [0.2, 0.25) is 0 Å². The Morgan fingerprint density at radius 3 is 2.50 bits per heavy atom. The van der Waals surface area contributed by atoms with Crippen LogP contribution in [-0.2, 0) is 11.0 Å². The van der Waals surface area contributed by atoms with Crippen molar-refractivity contribution in [3.8, 4) is 0 Å². The third kappa shape index (κ3) is 3.52. The molecular weight excluding hydrogens is 269 g/mol. The van der Waals surface area contributed by atoms with E-state index in [-0.39, 0.29) is 5.56 Å². The van der Waals surface area contributed by atoms with Crippen molar-refractivity contribution in [2.24, 2.45) is 5.92 Å². The summed E-state index contributed by atoms with van der Waals surface area (Å²) in [6.07, 6.45) is 0.105. The van der Waals surface area contributed by atoms with Crippen molar-refractivity contribution in [1.82, 2.24) is 0 Å². The van der Waals surface area contributed by atoms with Crippen LogP contribution in [0.3, 0.4) is 0 Å². The molecule has 0 heterocycles. The molecule has 0 bridgehead atoms. The molecule has 5 heteroatoms. The minimum atomic E-state index is -4.44. The van der Waals surface area contributed by atoms with Crippen molar-refractivity contribution in [3.05, 3.63) is 35.4 Å². The molecule has 0 amide bonds. The number of carboxylic acids is 1. The predicted octanol–water partition coefficient (Wildman–Crippen LogP) is 4.45. The van der Waals surface area contributed by atoms with E-state index in [9.17, 15) is 23.1 Å². The highest BCUT2D eigenvalue weighted by Crippen LogP contribution is 2.36. The number of hydrogen-bond donors (Lipinski definition) is 1. The molecule has 2 nitrogen and oxygen atoms in total. The van der Waals surface area contributed by atoms with Crippen LogP contribution >= 0.6 is 0 Å². The first kappa shape index (κ1) is 14.9. The third-order valence-electron chi connectivity index (χ3n) is 3.96. The van der Waals surface area contributed by atoms with Gasteiger partial charge in [-0.15, -0.1) is 0 Å². The third-order valence-corrected chi connectivity index (χ3v) is 3.96. The SMILES string of the molecule is O=C(O)[C@H](CC1CCCC1)c1cccc(C(F)(F)F)c1. The van der Waals surface area contributed by atoms with Gasteiger partial charge in [0, 0.05) is 0 Å². The second kappa shape index (κ2) is 5.85. The van der Waals surface area contributed by atoms with Crippen molar-refractivity contribution in [2.75, 3.05) is 0 Å². The molecule has 0 aliphatic heterocycles. The first-order valence-corrected chi connectivity index (χ1v) is 6.78. The Morgan fingerprint density at radius 2 is 1.95 bits per heavy atom. The summed E-state index contributed by atoms with van der Waals surface area (Å²) in [5.74, 6) is -1.58. The van der Waals surface area contributed by atoms with Crippen molar-refractivity contribution >= 4 is 5.97 Å². The molecule has 1 saturated carbocycles. The van der Waals surface area contributed by atoms with E-state index < -0.39 is 23.6 Å². The number of rotatable bonds is 4. The van der Waals surface area contributed by atoms with Crippen molar-refractivity contribution in [2.45, 2.75) is 44.2 Å². The van der Waals surface area contributed by atoms with Gasteiger partial charge in [-0.05, 0) is 24.0 Å². The molecule has 0 spiro atoms. The summed E-state index contributed by atoms with van der Waals surface area (Å²) in [6.45, 7) is 0. The number of halogens is 3. The smallest absolute Gasteiger partial charge is 0.416 e. The highest BCUT2D eigenvalue weighted by Gasteiger charge is 2.32. The summed E-state index contributed by atoms with van der Waals surface area (Å²) in [5.41, 5.74) is -0.535. The number of hydrogen-bond acceptors (Lipinski definition) is 1. The Hall–Kier alpha value is -1.52. The minimum absolute atomic E-state index is 0.249. The standard InChI is InChI=1S/C15H17F3O2/c16-15(17,18)12-7-3-6-11(9-12)13(14(19)20)8-10-4-1-2-5-10/h3,6-7,9-10,13H,1-2,4-5,8H2,(H,19,20)/t13-/m1/s1. The number of carbonyl (C=O) groups is 1. The first-order valence-electron chi connectivity index (χ1n) is 6.78. The number of alkyl halides is 3. The van der Waals surface area contributed by atoms with E-state index in [4.69, 9.17) is 0 Å². The lowest BCUT2D eigenvalue weighted by molar-refractivity contribution is -0.140. The van der Waals surface area contributed by atoms with Gasteiger partial charge in [0.25, 0.3) is 0 Å². The molecule has 1 fully saturated rings. The number of aliphatic carboxylic acids is 1. The molecule has 0 unspecified atom stereocenters. The predicted molar refractivity (Wildman–Crippen MR) is 68.4 cm³/mol. The van der Waals surface area contributed by atoms with Gasteiger partial charge in [0.05, 0.1) is 11.5 Å². The number of benzene rings is 1. The molecule has 1 aliphatic carbocycles. The topological polar surface area (TPSA) is 37.3 Å². The lowest BCUT2D eigenvalue weighted by atomic mass is 9.87. The maximum Gasteiger partial charge on any atom is 0.416 e. The van der Waals surface area contributed by atoms with E-state index in [1.54, 1.807) is 0 Å². The Kier molecular flexibility index (Phi) is 4.35. The molecule has 1 atom stereocenters. The second-order valence-corrected chi connectivity index (χ2v) is 5.40. The summed E-state index contributed by atoms with van der Waals surface area (Å²) < 4.78 is 38.1. The van der Waals surface area contributed by atoms with Crippen molar-refractivity contribution in [3.63, 3.8) is 0 Å². The van der Waals surface area contributed by atoms with Gasteiger partial charge >= 0.3 is 12.1 Å². The molecule has 0 saturated heterocycles. The monoisotopic (exact) mass is 286 g/mol. The molecule has 1 N–H and O–H groups in total. The van der Waals surface area contributed by atoms with Crippen LogP contribution < -0.4 is 0 Å². The fraction of sp³-hybridized carbons (Fsp3) is 0.533. The van der Waals surface area contributed by atoms with Gasteiger partial charge in [-0.1, -0.05) is 43.9 Å². The van der Waals surface area contributed by atoms with Gasteiger partial charge in [0.2, 0.25) is 0 Å². The van der Waals surface area contributed by atoms with Crippen LogP contribution in [-0.4, -0.2) is 11.1 Å². The van der Waals surface area contributed by atoms with Crippen LogP contribution in [0.4, 0.5) is 13.2 Å². The zero-order valence-corrected chi connectivity index (χ0v) is 11.0. The highest BCUT2D eigenvalue weighted by molar-refractivity contribution is 5.76. The molecule has 0 aromatic heterocycles. The molecule has 2 rings (SSSR count). The van der Waals surface area contributed by atoms with E-state index in [2.05, 4.69) is 0 Å². The molecule has 20 heavy (non-hydrogen) atoms. The maximum atomic E-state index is 12.7. The van der Waals surface area contributed by atoms with Crippen LogP contribution in [0.1, 0.15) is 49.1 Å². The zero-order valence-electron chi connectivity index (χ0n) is 11.0. The van der Waals surface area contributed by atoms with Crippen molar-refractivity contribution in [1.29, 1.82) is 0 Å². The van der Waals surface area contributed by atoms with E-state index in [1.807, 2.05) is 0 Å². The average molecular weight is 286 g/mol. The summed E-state index contributed by atoms with van der Waals surface area (Å²) >= 11 is 0. The van der Waals surface area contributed by atoms with E-state index in [0.29, 0.717) is 12.3 Å². The largest absolute Gasteiger partial charge is 0.481 e. The summed E-state index contributed by atoms with van der Waals surface area (Å²) in [4.78, 5) is 11.4. The van der Waals surface area contributed by atoms with Crippen LogP contribution in [0.5, 0.6) is 0 Å².